The summed E-state index contributed by atoms with van der Waals surface area (Å²) in [6, 6.07) is 22.9. The molecule has 0 aliphatic rings. The van der Waals surface area contributed by atoms with Gasteiger partial charge in [0.05, 0.1) is 18.4 Å². The number of ether oxygens (including phenoxy) is 2. The van der Waals surface area contributed by atoms with Crippen LogP contribution in [0.3, 0.4) is 0 Å². The maximum absolute atomic E-state index is 13.2. The normalized spacial score (nSPS) is 11.2. The SMILES string of the molecule is COC(CNC(=O)N(/N=C/c1ccccc1)c1cc(Cl)c(Cc2ccc(C(=O)c3ccc(Cl)nc3)cc2)c(Br)c1)OC. The molecule has 0 fully saturated rings. The number of hydrazone groups is 1. The van der Waals surface area contributed by atoms with E-state index in [1.807, 2.05) is 42.5 Å². The first-order valence-corrected chi connectivity index (χ1v) is 14.3. The molecule has 0 atom stereocenters. The van der Waals surface area contributed by atoms with Gasteiger partial charge < -0.3 is 14.8 Å². The molecule has 0 aliphatic heterocycles. The van der Waals surface area contributed by atoms with E-state index < -0.39 is 12.3 Å². The first kappa shape index (κ1) is 31.3. The summed E-state index contributed by atoms with van der Waals surface area (Å²) in [5, 5.41) is 9.19. The average molecular weight is 670 g/mol. The van der Waals surface area contributed by atoms with Crippen molar-refractivity contribution in [2.75, 3.05) is 25.8 Å². The molecule has 8 nitrogen and oxygen atoms in total. The first-order chi connectivity index (χ1) is 20.3. The fourth-order valence-electron chi connectivity index (χ4n) is 3.94. The monoisotopic (exact) mass is 668 g/mol. The van der Waals surface area contributed by atoms with Crippen LogP contribution in [0.15, 0.2) is 94.6 Å². The van der Waals surface area contributed by atoms with E-state index in [0.717, 1.165) is 16.7 Å². The molecule has 0 bridgehead atoms. The lowest BCUT2D eigenvalue weighted by atomic mass is 10.00. The van der Waals surface area contributed by atoms with Gasteiger partial charge in [-0.05, 0) is 41.0 Å². The summed E-state index contributed by atoms with van der Waals surface area (Å²) in [6.45, 7) is 0.114. The zero-order chi connectivity index (χ0) is 30.1. The number of nitrogens with zero attached hydrogens (tertiary/aromatic N) is 3. The van der Waals surface area contributed by atoms with E-state index in [4.69, 9.17) is 32.7 Å². The molecule has 42 heavy (non-hydrogen) atoms. The molecule has 0 saturated carbocycles. The van der Waals surface area contributed by atoms with Crippen molar-refractivity contribution < 1.29 is 19.1 Å². The van der Waals surface area contributed by atoms with Crippen LogP contribution in [0.25, 0.3) is 0 Å². The molecule has 3 aromatic carbocycles. The van der Waals surface area contributed by atoms with E-state index >= 15 is 0 Å². The lowest BCUT2D eigenvalue weighted by molar-refractivity contribution is -0.0970. The number of benzene rings is 3. The van der Waals surface area contributed by atoms with Crippen LogP contribution in [0.1, 0.15) is 32.6 Å². The molecule has 4 rings (SSSR count). The smallest absolute Gasteiger partial charge is 0.342 e. The van der Waals surface area contributed by atoms with Gasteiger partial charge in [0.1, 0.15) is 5.15 Å². The Morgan fingerprint density at radius 3 is 2.31 bits per heavy atom. The second-order valence-corrected chi connectivity index (χ2v) is 10.7. The summed E-state index contributed by atoms with van der Waals surface area (Å²) in [5.41, 5.74) is 4.01. The van der Waals surface area contributed by atoms with Crippen LogP contribution in [0.5, 0.6) is 0 Å². The number of aromatic nitrogens is 1. The highest BCUT2D eigenvalue weighted by Crippen LogP contribution is 2.33. The summed E-state index contributed by atoms with van der Waals surface area (Å²) < 4.78 is 11.0. The van der Waals surface area contributed by atoms with Crippen LogP contribution in [-0.2, 0) is 15.9 Å². The van der Waals surface area contributed by atoms with Gasteiger partial charge in [-0.15, -0.1) is 0 Å². The van der Waals surface area contributed by atoms with Gasteiger partial charge in [-0.2, -0.15) is 10.1 Å². The van der Waals surface area contributed by atoms with Gasteiger partial charge in [0.15, 0.2) is 12.1 Å². The molecule has 0 aliphatic carbocycles. The highest BCUT2D eigenvalue weighted by Gasteiger charge is 2.20. The number of halogens is 3. The number of ketones is 1. The lowest BCUT2D eigenvalue weighted by Gasteiger charge is -2.21. The Hall–Kier alpha value is -3.60. The van der Waals surface area contributed by atoms with E-state index in [2.05, 4.69) is 31.3 Å². The molecule has 0 spiro atoms. The maximum Gasteiger partial charge on any atom is 0.342 e. The Bertz CT molecular complexity index is 1520. The molecule has 1 aromatic heterocycles. The van der Waals surface area contributed by atoms with Gasteiger partial charge in [0, 0.05) is 47.5 Å². The molecular weight excluding hydrogens is 643 g/mol. The highest BCUT2D eigenvalue weighted by atomic mass is 79.9. The third kappa shape index (κ3) is 8.24. The van der Waals surface area contributed by atoms with Crippen molar-refractivity contribution in [1.82, 2.24) is 10.3 Å². The Morgan fingerprint density at radius 2 is 1.69 bits per heavy atom. The summed E-state index contributed by atoms with van der Waals surface area (Å²) in [7, 11) is 2.98. The van der Waals surface area contributed by atoms with Crippen molar-refractivity contribution in [2.24, 2.45) is 5.10 Å². The van der Waals surface area contributed by atoms with Gasteiger partial charge in [0.25, 0.3) is 0 Å². The second kappa shape index (κ2) is 15.0. The predicted octanol–water partition coefficient (Wildman–Crippen LogP) is 7.14. The molecule has 1 heterocycles. The Morgan fingerprint density at radius 1 is 1.00 bits per heavy atom. The molecular formula is C31H27BrCl2N4O4. The third-order valence-electron chi connectivity index (χ3n) is 6.22. The molecule has 0 radical (unpaired) electrons. The van der Waals surface area contributed by atoms with Crippen molar-refractivity contribution >= 4 is 62.8 Å². The number of anilines is 1. The molecule has 2 amide bonds. The Balaban J connectivity index is 1.55. The number of urea groups is 1. The standard InChI is InChI=1S/C31H27BrCl2N4O4/c1-41-29(42-2)19-36-31(40)38(37-17-21-6-4-3-5-7-21)24-15-26(32)25(27(33)16-24)14-20-8-10-22(11-9-20)30(39)23-12-13-28(34)35-18-23/h3-13,15-18,29H,14,19H2,1-2H3,(H,36,40)/b37-17+. The van der Waals surface area contributed by atoms with Gasteiger partial charge in [-0.1, -0.05) is 93.7 Å². The van der Waals surface area contributed by atoms with Crippen molar-refractivity contribution in [2.45, 2.75) is 12.7 Å². The summed E-state index contributed by atoms with van der Waals surface area (Å²) in [6.07, 6.45) is 2.91. The lowest BCUT2D eigenvalue weighted by Crippen LogP contribution is -2.41. The van der Waals surface area contributed by atoms with Gasteiger partial charge in [-0.3, -0.25) is 4.79 Å². The van der Waals surface area contributed by atoms with Gasteiger partial charge >= 0.3 is 6.03 Å². The quantitative estimate of drug-likeness (QED) is 0.0602. The predicted molar refractivity (Wildman–Crippen MR) is 169 cm³/mol. The van der Waals surface area contributed by atoms with Gasteiger partial charge in [0.2, 0.25) is 0 Å². The molecule has 0 saturated heterocycles. The van der Waals surface area contributed by atoms with Crippen LogP contribution < -0.4 is 10.3 Å². The molecule has 4 aromatic rings. The number of rotatable bonds is 11. The van der Waals surface area contributed by atoms with Crippen molar-refractivity contribution in [1.29, 1.82) is 0 Å². The van der Waals surface area contributed by atoms with E-state index in [1.54, 1.807) is 42.6 Å². The Kier molecular flexibility index (Phi) is 11.2. The minimum Gasteiger partial charge on any atom is -0.354 e. The number of carbonyl (C=O) groups is 2. The topological polar surface area (TPSA) is 93.1 Å². The third-order valence-corrected chi connectivity index (χ3v) is 7.49. The average Bonchev–Trinajstić information content (AvgIpc) is 3.00. The van der Waals surface area contributed by atoms with E-state index in [9.17, 15) is 9.59 Å². The van der Waals surface area contributed by atoms with Crippen LogP contribution in [0.4, 0.5) is 10.5 Å². The minimum absolute atomic E-state index is 0.114. The van der Waals surface area contributed by atoms with Crippen molar-refractivity contribution in [3.63, 3.8) is 0 Å². The van der Waals surface area contributed by atoms with Crippen LogP contribution in [0.2, 0.25) is 10.2 Å². The number of pyridine rings is 1. The molecule has 216 valence electrons. The van der Waals surface area contributed by atoms with Gasteiger partial charge in [-0.25, -0.2) is 9.78 Å². The van der Waals surface area contributed by atoms with E-state index in [1.165, 1.54) is 25.4 Å². The van der Waals surface area contributed by atoms with Crippen molar-refractivity contribution in [3.8, 4) is 0 Å². The highest BCUT2D eigenvalue weighted by molar-refractivity contribution is 9.10. The fraction of sp³-hybridized carbons (Fsp3) is 0.161. The molecule has 1 N–H and O–H groups in total. The second-order valence-electron chi connectivity index (χ2n) is 9.01. The van der Waals surface area contributed by atoms with Crippen LogP contribution >= 0.6 is 39.1 Å². The zero-order valence-corrected chi connectivity index (χ0v) is 25.9. The largest absolute Gasteiger partial charge is 0.354 e. The number of nitrogens with one attached hydrogen (secondary N) is 1. The minimum atomic E-state index is -0.615. The number of hydrogen-bond acceptors (Lipinski definition) is 6. The van der Waals surface area contributed by atoms with E-state index in [-0.39, 0.29) is 12.3 Å². The zero-order valence-electron chi connectivity index (χ0n) is 22.8. The number of methoxy groups -OCH3 is 2. The first-order valence-electron chi connectivity index (χ1n) is 12.7. The number of hydrogen-bond donors (Lipinski definition) is 1. The number of amides is 2. The van der Waals surface area contributed by atoms with Crippen LogP contribution in [0, 0.1) is 0 Å². The fourth-order valence-corrected chi connectivity index (χ4v) is 5.04. The Labute approximate surface area is 262 Å². The van der Waals surface area contributed by atoms with Crippen molar-refractivity contribution in [3.05, 3.63) is 128 Å². The van der Waals surface area contributed by atoms with E-state index in [0.29, 0.717) is 37.9 Å². The maximum atomic E-state index is 13.2. The van der Waals surface area contributed by atoms with Crippen LogP contribution in [-0.4, -0.2) is 50.1 Å². The summed E-state index contributed by atoms with van der Waals surface area (Å²) in [4.78, 5) is 30.0. The molecule has 11 heteroatoms. The molecule has 0 unspecified atom stereocenters. The summed E-state index contributed by atoms with van der Waals surface area (Å²) >= 11 is 16.2. The number of carbonyl (C=O) groups excluding carboxylic acids is 2. The summed E-state index contributed by atoms with van der Waals surface area (Å²) in [5.74, 6) is -0.147.